The number of allylic oxidation sites excluding steroid dienone is 2. The summed E-state index contributed by atoms with van der Waals surface area (Å²) in [5, 5.41) is 0. The molecule has 0 N–H and O–H groups in total. The maximum absolute atomic E-state index is 6.11. The summed E-state index contributed by atoms with van der Waals surface area (Å²) in [5.74, 6) is 2.32. The maximum atomic E-state index is 6.11. The van der Waals surface area contributed by atoms with Crippen LogP contribution in [0.1, 0.15) is 67.7 Å². The molecule has 2 rings (SSSR count). The van der Waals surface area contributed by atoms with Gasteiger partial charge in [0.05, 0.1) is 11.2 Å². The third-order valence-electron chi connectivity index (χ3n) is 5.71. The second-order valence-corrected chi connectivity index (χ2v) is 8.44. The number of rotatable bonds is 3. The summed E-state index contributed by atoms with van der Waals surface area (Å²) in [5.41, 5.74) is 1.21. The number of hydrogen-bond acceptors (Lipinski definition) is 2. The molecule has 3 heteroatoms. The molecule has 120 valence electrons. The average molecular weight is 292 g/mol. The highest BCUT2D eigenvalue weighted by Gasteiger charge is 2.50. The van der Waals surface area contributed by atoms with Gasteiger partial charge in [0.25, 0.3) is 0 Å². The van der Waals surface area contributed by atoms with E-state index >= 15 is 0 Å². The normalized spacial score (nSPS) is 33.9. The molecule has 1 heterocycles. The van der Waals surface area contributed by atoms with Gasteiger partial charge >= 0.3 is 7.12 Å². The Morgan fingerprint density at radius 2 is 1.71 bits per heavy atom. The number of hydrogen-bond donors (Lipinski definition) is 0. The van der Waals surface area contributed by atoms with Gasteiger partial charge in [-0.05, 0) is 64.7 Å². The van der Waals surface area contributed by atoms with Crippen molar-refractivity contribution in [1.29, 1.82) is 0 Å². The van der Waals surface area contributed by atoms with Crippen LogP contribution in [0.5, 0.6) is 0 Å². The first-order valence-electron chi connectivity index (χ1n) is 8.67. The van der Waals surface area contributed by atoms with E-state index in [1.54, 1.807) is 5.57 Å². The summed E-state index contributed by atoms with van der Waals surface area (Å²) in [6.07, 6.45) is 7.27. The highest BCUT2D eigenvalue weighted by Crippen LogP contribution is 2.40. The fraction of sp³-hybridized carbons (Fsp3) is 0.889. The maximum Gasteiger partial charge on any atom is 0.461 e. The van der Waals surface area contributed by atoms with Gasteiger partial charge in [0.2, 0.25) is 0 Å². The Labute approximate surface area is 131 Å². The molecule has 1 aliphatic heterocycles. The SMILES string of the molecule is CC(C)[C@@H]1CC[C@@H](C)C/C1=C\CB1OC(C)(C)C(C)(C)O1. The zero-order valence-electron chi connectivity index (χ0n) is 15.0. The minimum Gasteiger partial charge on any atom is -0.403 e. The van der Waals surface area contributed by atoms with Crippen molar-refractivity contribution in [3.8, 4) is 0 Å². The molecule has 0 aromatic rings. The summed E-state index contributed by atoms with van der Waals surface area (Å²) in [6.45, 7) is 15.6. The third-order valence-corrected chi connectivity index (χ3v) is 5.71. The molecule has 2 atom stereocenters. The van der Waals surface area contributed by atoms with Crippen molar-refractivity contribution in [3.63, 3.8) is 0 Å². The third kappa shape index (κ3) is 3.74. The largest absolute Gasteiger partial charge is 0.461 e. The van der Waals surface area contributed by atoms with Crippen LogP contribution >= 0.6 is 0 Å². The first-order valence-corrected chi connectivity index (χ1v) is 8.67. The molecule has 0 aromatic heterocycles. The van der Waals surface area contributed by atoms with Crippen LogP contribution in [0.25, 0.3) is 0 Å². The van der Waals surface area contributed by atoms with E-state index in [0.29, 0.717) is 0 Å². The van der Waals surface area contributed by atoms with Crippen LogP contribution in [0.4, 0.5) is 0 Å². The van der Waals surface area contributed by atoms with E-state index < -0.39 is 0 Å². The second-order valence-electron chi connectivity index (χ2n) is 8.44. The fourth-order valence-corrected chi connectivity index (χ4v) is 3.61. The first kappa shape index (κ1) is 17.1. The molecule has 2 nitrogen and oxygen atoms in total. The summed E-state index contributed by atoms with van der Waals surface area (Å²) in [6, 6.07) is 0. The Bertz CT molecular complexity index is 382. The summed E-state index contributed by atoms with van der Waals surface area (Å²) < 4.78 is 12.2. The van der Waals surface area contributed by atoms with Crippen LogP contribution in [0.3, 0.4) is 0 Å². The zero-order valence-corrected chi connectivity index (χ0v) is 15.0. The molecule has 2 fully saturated rings. The smallest absolute Gasteiger partial charge is 0.403 e. The Balaban J connectivity index is 2.02. The van der Waals surface area contributed by atoms with Gasteiger partial charge in [-0.15, -0.1) is 0 Å². The average Bonchev–Trinajstić information content (AvgIpc) is 2.55. The molecule has 21 heavy (non-hydrogen) atoms. The van der Waals surface area contributed by atoms with Crippen LogP contribution in [-0.4, -0.2) is 18.3 Å². The van der Waals surface area contributed by atoms with E-state index in [4.69, 9.17) is 9.31 Å². The van der Waals surface area contributed by atoms with Crippen molar-refractivity contribution in [2.45, 2.75) is 85.3 Å². The van der Waals surface area contributed by atoms with Crippen LogP contribution in [0, 0.1) is 17.8 Å². The predicted octanol–water partition coefficient (Wildman–Crippen LogP) is 5.10. The molecular formula is C18H33BO2. The van der Waals surface area contributed by atoms with Crippen molar-refractivity contribution >= 4 is 7.12 Å². The van der Waals surface area contributed by atoms with E-state index in [0.717, 1.165) is 24.1 Å². The highest BCUT2D eigenvalue weighted by molar-refractivity contribution is 6.46. The van der Waals surface area contributed by atoms with E-state index in [1.165, 1.54) is 19.3 Å². The molecule has 1 saturated heterocycles. The van der Waals surface area contributed by atoms with Crippen LogP contribution in [0.2, 0.25) is 6.32 Å². The zero-order chi connectivity index (χ0) is 15.8. The lowest BCUT2D eigenvalue weighted by Gasteiger charge is -2.32. The Morgan fingerprint density at radius 1 is 1.14 bits per heavy atom. The van der Waals surface area contributed by atoms with Crippen molar-refractivity contribution < 1.29 is 9.31 Å². The van der Waals surface area contributed by atoms with E-state index in [2.05, 4.69) is 54.5 Å². The summed E-state index contributed by atoms with van der Waals surface area (Å²) in [4.78, 5) is 0. The molecule has 0 spiro atoms. The summed E-state index contributed by atoms with van der Waals surface area (Å²) >= 11 is 0. The van der Waals surface area contributed by atoms with Gasteiger partial charge in [-0.2, -0.15) is 0 Å². The predicted molar refractivity (Wildman–Crippen MR) is 90.3 cm³/mol. The van der Waals surface area contributed by atoms with Crippen molar-refractivity contribution in [1.82, 2.24) is 0 Å². The van der Waals surface area contributed by atoms with Gasteiger partial charge in [0.1, 0.15) is 0 Å². The minimum atomic E-state index is -0.215. The molecule has 0 radical (unpaired) electrons. The quantitative estimate of drug-likeness (QED) is 0.532. The molecular weight excluding hydrogens is 259 g/mol. The van der Waals surface area contributed by atoms with Crippen LogP contribution in [0.15, 0.2) is 11.6 Å². The fourth-order valence-electron chi connectivity index (χ4n) is 3.61. The van der Waals surface area contributed by atoms with E-state index in [1.807, 2.05) is 0 Å². The minimum absolute atomic E-state index is 0.0902. The topological polar surface area (TPSA) is 18.5 Å². The van der Waals surface area contributed by atoms with E-state index in [-0.39, 0.29) is 18.3 Å². The molecule has 1 saturated carbocycles. The standard InChI is InChI=1S/C18H33BO2/c1-13(2)16-9-8-14(3)12-15(16)10-11-19-20-17(4,5)18(6,7)21-19/h10,13-14,16H,8-9,11-12H2,1-7H3/b15-10+/t14-,16+/m1/s1. The lowest BCUT2D eigenvalue weighted by Crippen LogP contribution is -2.41. The molecule has 0 amide bonds. The monoisotopic (exact) mass is 292 g/mol. The van der Waals surface area contributed by atoms with Crippen molar-refractivity contribution in [2.75, 3.05) is 0 Å². The Hall–Kier alpha value is -0.275. The lowest BCUT2D eigenvalue weighted by molar-refractivity contribution is 0.00578. The first-order chi connectivity index (χ1) is 9.62. The van der Waals surface area contributed by atoms with Gasteiger partial charge in [0.15, 0.2) is 0 Å². The molecule has 2 aliphatic rings. The summed E-state index contributed by atoms with van der Waals surface area (Å²) in [7, 11) is -0.0902. The molecule has 0 aromatic carbocycles. The molecule has 0 bridgehead atoms. The van der Waals surface area contributed by atoms with Gasteiger partial charge in [0, 0.05) is 6.32 Å². The second kappa shape index (κ2) is 6.08. The Kier molecular flexibility index (Phi) is 4.95. The van der Waals surface area contributed by atoms with Gasteiger partial charge in [-0.25, -0.2) is 0 Å². The van der Waals surface area contributed by atoms with Crippen LogP contribution in [-0.2, 0) is 9.31 Å². The van der Waals surface area contributed by atoms with Gasteiger partial charge in [-0.3, -0.25) is 0 Å². The van der Waals surface area contributed by atoms with E-state index in [9.17, 15) is 0 Å². The molecule has 1 aliphatic carbocycles. The highest BCUT2D eigenvalue weighted by atomic mass is 16.7. The van der Waals surface area contributed by atoms with Crippen molar-refractivity contribution in [3.05, 3.63) is 11.6 Å². The van der Waals surface area contributed by atoms with Crippen molar-refractivity contribution in [2.24, 2.45) is 17.8 Å². The Morgan fingerprint density at radius 3 is 2.24 bits per heavy atom. The van der Waals surface area contributed by atoms with Gasteiger partial charge < -0.3 is 9.31 Å². The van der Waals surface area contributed by atoms with Gasteiger partial charge in [-0.1, -0.05) is 32.4 Å². The lowest BCUT2D eigenvalue weighted by atomic mass is 9.72. The van der Waals surface area contributed by atoms with Crippen LogP contribution < -0.4 is 0 Å². The molecule has 0 unspecified atom stereocenters.